The molecule has 31 heavy (non-hydrogen) atoms. The fourth-order valence-corrected chi connectivity index (χ4v) is 4.25. The Balaban J connectivity index is 1.25. The summed E-state index contributed by atoms with van der Waals surface area (Å²) >= 11 is 0. The number of carbonyl (C=O) groups excluding carboxylic acids is 1. The van der Waals surface area contributed by atoms with Gasteiger partial charge in [0.1, 0.15) is 11.9 Å². The Morgan fingerprint density at radius 2 is 1.87 bits per heavy atom. The maximum atomic E-state index is 12.8. The fraction of sp³-hybridized carbons (Fsp3) is 0.524. The lowest BCUT2D eigenvalue weighted by Gasteiger charge is -2.26. The van der Waals surface area contributed by atoms with E-state index in [1.165, 1.54) is 6.07 Å². The van der Waals surface area contributed by atoms with Crippen molar-refractivity contribution in [2.24, 2.45) is 0 Å². The molecule has 2 aromatic rings. The molecule has 0 bridgehead atoms. The van der Waals surface area contributed by atoms with E-state index in [0.29, 0.717) is 43.7 Å². The molecule has 4 heterocycles. The Morgan fingerprint density at radius 1 is 1.03 bits per heavy atom. The van der Waals surface area contributed by atoms with Crippen molar-refractivity contribution in [1.82, 2.24) is 19.9 Å². The second-order valence-electron chi connectivity index (χ2n) is 8.33. The van der Waals surface area contributed by atoms with Gasteiger partial charge in [-0.05, 0) is 25.0 Å². The largest absolute Gasteiger partial charge is 0.471 e. The van der Waals surface area contributed by atoms with Crippen LogP contribution in [-0.2, 0) is 11.0 Å². The average Bonchev–Trinajstić information content (AvgIpc) is 3.54. The van der Waals surface area contributed by atoms with Crippen LogP contribution < -0.4 is 9.64 Å². The third-order valence-corrected chi connectivity index (χ3v) is 6.05. The zero-order chi connectivity index (χ0) is 21.6. The first-order valence-corrected chi connectivity index (χ1v) is 10.4. The van der Waals surface area contributed by atoms with Crippen LogP contribution in [0.1, 0.15) is 42.9 Å². The van der Waals surface area contributed by atoms with Crippen molar-refractivity contribution < 1.29 is 22.7 Å². The van der Waals surface area contributed by atoms with Crippen LogP contribution in [0.3, 0.4) is 0 Å². The molecule has 0 unspecified atom stereocenters. The quantitative estimate of drug-likeness (QED) is 0.738. The Kier molecular flexibility index (Phi) is 4.94. The van der Waals surface area contributed by atoms with Gasteiger partial charge in [0.25, 0.3) is 0 Å². The van der Waals surface area contributed by atoms with Gasteiger partial charge in [-0.25, -0.2) is 9.97 Å². The van der Waals surface area contributed by atoms with Crippen molar-refractivity contribution in [3.05, 3.63) is 42.0 Å². The molecule has 2 atom stereocenters. The van der Waals surface area contributed by atoms with Gasteiger partial charge in [-0.2, -0.15) is 13.2 Å². The zero-order valence-corrected chi connectivity index (χ0v) is 16.8. The summed E-state index contributed by atoms with van der Waals surface area (Å²) in [4.78, 5) is 29.1. The summed E-state index contributed by atoms with van der Waals surface area (Å²) < 4.78 is 44.4. The van der Waals surface area contributed by atoms with Crippen molar-refractivity contribution in [2.45, 2.75) is 49.9 Å². The molecule has 7 nitrogen and oxygen atoms in total. The summed E-state index contributed by atoms with van der Waals surface area (Å²) in [7, 11) is 0. The number of fused-ring (bicyclic) bond motifs is 1. The lowest BCUT2D eigenvalue weighted by atomic mass is 10.2. The van der Waals surface area contributed by atoms with E-state index in [1.807, 2.05) is 4.90 Å². The minimum Gasteiger partial charge on any atom is -0.471 e. The SMILES string of the molecule is O=C1CCN(c2ccc(C(F)(F)F)cn2)C[C@H]2C[C@H](Oc3cnc(C4CC4)cn3)CN12. The number of aromatic nitrogens is 3. The number of halogens is 3. The lowest BCUT2D eigenvalue weighted by Crippen LogP contribution is -2.38. The maximum absolute atomic E-state index is 12.8. The van der Waals surface area contributed by atoms with E-state index in [2.05, 4.69) is 15.0 Å². The van der Waals surface area contributed by atoms with Gasteiger partial charge in [-0.3, -0.25) is 9.78 Å². The minimum absolute atomic E-state index is 0.0145. The molecular formula is C21H22F3N5O2. The first kappa shape index (κ1) is 20.0. The molecule has 2 aromatic heterocycles. The number of ether oxygens (including phenoxy) is 1. The first-order chi connectivity index (χ1) is 14.9. The Hall–Kier alpha value is -2.91. The van der Waals surface area contributed by atoms with Crippen LogP contribution in [0.15, 0.2) is 30.7 Å². The molecule has 2 aliphatic heterocycles. The van der Waals surface area contributed by atoms with E-state index < -0.39 is 11.7 Å². The van der Waals surface area contributed by atoms with E-state index >= 15 is 0 Å². The molecule has 10 heteroatoms. The van der Waals surface area contributed by atoms with E-state index in [4.69, 9.17) is 4.74 Å². The van der Waals surface area contributed by atoms with Crippen molar-refractivity contribution in [2.75, 3.05) is 24.5 Å². The number of hydrogen-bond donors (Lipinski definition) is 0. The van der Waals surface area contributed by atoms with Gasteiger partial charge >= 0.3 is 6.18 Å². The monoisotopic (exact) mass is 433 g/mol. The molecule has 0 radical (unpaired) electrons. The second kappa shape index (κ2) is 7.65. The second-order valence-corrected chi connectivity index (χ2v) is 8.33. The van der Waals surface area contributed by atoms with Crippen LogP contribution in [0.25, 0.3) is 0 Å². The van der Waals surface area contributed by atoms with Gasteiger partial charge in [0.2, 0.25) is 11.8 Å². The molecular weight excluding hydrogens is 411 g/mol. The molecule has 3 aliphatic rings. The van der Waals surface area contributed by atoms with Crippen molar-refractivity contribution in [1.29, 1.82) is 0 Å². The van der Waals surface area contributed by atoms with E-state index in [-0.39, 0.29) is 24.5 Å². The van der Waals surface area contributed by atoms with Crippen LogP contribution in [-0.4, -0.2) is 57.5 Å². The number of pyridine rings is 1. The molecule has 1 aliphatic carbocycles. The maximum Gasteiger partial charge on any atom is 0.417 e. The van der Waals surface area contributed by atoms with Gasteiger partial charge in [0.15, 0.2) is 0 Å². The molecule has 1 amide bonds. The van der Waals surface area contributed by atoms with Crippen LogP contribution in [0.4, 0.5) is 19.0 Å². The number of rotatable bonds is 4. The number of nitrogens with zero attached hydrogens (tertiary/aromatic N) is 5. The first-order valence-electron chi connectivity index (χ1n) is 10.4. The third-order valence-electron chi connectivity index (χ3n) is 6.05. The number of hydrogen-bond acceptors (Lipinski definition) is 6. The molecule has 164 valence electrons. The highest BCUT2D eigenvalue weighted by Gasteiger charge is 2.40. The molecule has 0 N–H and O–H groups in total. The van der Waals surface area contributed by atoms with Gasteiger partial charge < -0.3 is 14.5 Å². The summed E-state index contributed by atoms with van der Waals surface area (Å²) in [6, 6.07) is 2.29. The highest BCUT2D eigenvalue weighted by molar-refractivity contribution is 5.78. The number of alkyl halides is 3. The summed E-state index contributed by atoms with van der Waals surface area (Å²) in [5.41, 5.74) is 0.203. The van der Waals surface area contributed by atoms with Crippen LogP contribution in [0.2, 0.25) is 0 Å². The Labute approximate surface area is 177 Å². The number of amides is 1. The van der Waals surface area contributed by atoms with Gasteiger partial charge in [-0.15, -0.1) is 0 Å². The van der Waals surface area contributed by atoms with E-state index in [9.17, 15) is 18.0 Å². The molecule has 0 aromatic carbocycles. The number of anilines is 1. The summed E-state index contributed by atoms with van der Waals surface area (Å²) in [5.74, 6) is 1.42. The molecule has 2 saturated heterocycles. The molecule has 0 spiro atoms. The van der Waals surface area contributed by atoms with Crippen LogP contribution >= 0.6 is 0 Å². The average molecular weight is 433 g/mol. The van der Waals surface area contributed by atoms with E-state index in [0.717, 1.165) is 30.8 Å². The normalized spacial score (nSPS) is 24.2. The highest BCUT2D eigenvalue weighted by atomic mass is 19.4. The van der Waals surface area contributed by atoms with Gasteiger partial charge in [0, 0.05) is 38.0 Å². The van der Waals surface area contributed by atoms with Crippen molar-refractivity contribution in [3.8, 4) is 5.88 Å². The highest BCUT2D eigenvalue weighted by Crippen LogP contribution is 2.38. The van der Waals surface area contributed by atoms with Crippen molar-refractivity contribution >= 4 is 11.7 Å². The van der Waals surface area contributed by atoms with E-state index in [1.54, 1.807) is 17.3 Å². The summed E-state index contributed by atoms with van der Waals surface area (Å²) in [6.45, 7) is 1.38. The Morgan fingerprint density at radius 3 is 2.52 bits per heavy atom. The van der Waals surface area contributed by atoms with Crippen LogP contribution in [0.5, 0.6) is 5.88 Å². The summed E-state index contributed by atoms with van der Waals surface area (Å²) in [5, 5.41) is 0. The number of carbonyl (C=O) groups is 1. The molecule has 3 fully saturated rings. The third kappa shape index (κ3) is 4.28. The standard InChI is InChI=1S/C21H22F3N5O2/c22-21(23,24)14-3-4-18(26-8-14)28-6-5-20(30)29-12-16(7-15(29)11-28)31-19-10-25-17(9-27-19)13-1-2-13/h3-4,8-10,13,15-16H,1-2,5-7,11-12H2/t15-,16+/m1/s1. The van der Waals surface area contributed by atoms with Crippen LogP contribution in [0, 0.1) is 0 Å². The van der Waals surface area contributed by atoms with Crippen molar-refractivity contribution in [3.63, 3.8) is 0 Å². The minimum atomic E-state index is -4.42. The lowest BCUT2D eigenvalue weighted by molar-refractivity contribution is -0.137. The van der Waals surface area contributed by atoms with Gasteiger partial charge in [-0.1, -0.05) is 0 Å². The predicted octanol–water partition coefficient (Wildman–Crippen LogP) is 3.03. The smallest absolute Gasteiger partial charge is 0.417 e. The topological polar surface area (TPSA) is 71.5 Å². The van der Waals surface area contributed by atoms with Gasteiger partial charge in [0.05, 0.1) is 36.2 Å². The summed E-state index contributed by atoms with van der Waals surface area (Å²) in [6.07, 6.45) is 2.81. The Bertz CT molecular complexity index is 947. The zero-order valence-electron chi connectivity index (χ0n) is 16.8. The molecule has 1 saturated carbocycles. The fourth-order valence-electron chi connectivity index (χ4n) is 4.25. The molecule has 5 rings (SSSR count). The predicted molar refractivity (Wildman–Crippen MR) is 105 cm³/mol.